The molecule has 0 fully saturated rings. The topological polar surface area (TPSA) is 22.1 Å². The molecule has 1 atom stereocenters. The Balaban J connectivity index is 2.51. The third-order valence-electron chi connectivity index (χ3n) is 3.59. The van der Waals surface area contributed by atoms with Crippen LogP contribution in [0.15, 0.2) is 12.1 Å². The van der Waals surface area contributed by atoms with Crippen molar-refractivity contribution in [1.82, 2.24) is 4.98 Å². The minimum Gasteiger partial charge on any atom is -0.496 e. The first-order valence-electron chi connectivity index (χ1n) is 6.79. The van der Waals surface area contributed by atoms with Crippen LogP contribution in [0.3, 0.4) is 0 Å². The summed E-state index contributed by atoms with van der Waals surface area (Å²) < 4.78 is 5.31. The molecule has 0 N–H and O–H groups in total. The van der Waals surface area contributed by atoms with Crippen LogP contribution in [-0.2, 0) is 0 Å². The van der Waals surface area contributed by atoms with Crippen LogP contribution in [0, 0.1) is 13.8 Å². The lowest BCUT2D eigenvalue weighted by molar-refractivity contribution is 0.412. The van der Waals surface area contributed by atoms with E-state index in [0.717, 1.165) is 29.0 Å². The molecule has 0 saturated carbocycles. The molecule has 2 aromatic rings. The quantitative estimate of drug-likeness (QED) is 0.733. The Bertz CT molecular complexity index is 621. The molecule has 0 amide bonds. The van der Waals surface area contributed by atoms with Gasteiger partial charge in [0.2, 0.25) is 0 Å². The molecule has 1 unspecified atom stereocenters. The molecular weight excluding hydrogens is 290 g/mol. The first-order valence-corrected chi connectivity index (χ1v) is 7.99. The van der Waals surface area contributed by atoms with Gasteiger partial charge in [-0.25, -0.2) is 4.98 Å². The Morgan fingerprint density at radius 2 is 2.05 bits per heavy atom. The lowest BCUT2D eigenvalue weighted by Crippen LogP contribution is -1.92. The Hall–Kier alpha value is -1.06. The van der Waals surface area contributed by atoms with Crippen molar-refractivity contribution < 1.29 is 4.74 Å². The summed E-state index contributed by atoms with van der Waals surface area (Å²) >= 11 is 8.16. The Morgan fingerprint density at radius 1 is 1.35 bits per heavy atom. The fourth-order valence-electron chi connectivity index (χ4n) is 2.12. The van der Waals surface area contributed by atoms with E-state index in [9.17, 15) is 0 Å². The summed E-state index contributed by atoms with van der Waals surface area (Å²) in [5.41, 5.74) is 3.07. The minimum absolute atomic E-state index is 0.491. The van der Waals surface area contributed by atoms with Crippen LogP contribution in [0.25, 0.3) is 11.3 Å². The van der Waals surface area contributed by atoms with Gasteiger partial charge < -0.3 is 4.74 Å². The maximum atomic E-state index is 6.39. The molecule has 0 bridgehead atoms. The second kappa shape index (κ2) is 6.15. The molecule has 20 heavy (non-hydrogen) atoms. The van der Waals surface area contributed by atoms with Crippen LogP contribution in [-0.4, -0.2) is 12.1 Å². The number of thiazole rings is 1. The number of ether oxygens (including phenoxy) is 1. The van der Waals surface area contributed by atoms with E-state index in [1.807, 2.05) is 13.0 Å². The number of hydrogen-bond acceptors (Lipinski definition) is 3. The van der Waals surface area contributed by atoms with Crippen LogP contribution < -0.4 is 4.74 Å². The minimum atomic E-state index is 0.491. The third-order valence-corrected chi connectivity index (χ3v) is 5.10. The zero-order valence-electron chi connectivity index (χ0n) is 12.6. The number of aryl methyl sites for hydroxylation is 2. The van der Waals surface area contributed by atoms with Gasteiger partial charge in [-0.15, -0.1) is 11.3 Å². The number of hydrogen-bond donors (Lipinski definition) is 0. The SMILES string of the molecule is CCC(C)c1nc(-c2cc(C)c(OC)cc2Cl)c(C)s1. The number of rotatable bonds is 4. The lowest BCUT2D eigenvalue weighted by atomic mass is 10.1. The van der Waals surface area contributed by atoms with Crippen LogP contribution in [0.2, 0.25) is 5.02 Å². The molecule has 4 heteroatoms. The highest BCUT2D eigenvalue weighted by molar-refractivity contribution is 7.12. The molecule has 1 aromatic carbocycles. The van der Waals surface area contributed by atoms with E-state index < -0.39 is 0 Å². The number of aromatic nitrogens is 1. The van der Waals surface area contributed by atoms with Crippen LogP contribution in [0.5, 0.6) is 5.75 Å². The summed E-state index contributed by atoms with van der Waals surface area (Å²) in [6.45, 7) is 8.53. The van der Waals surface area contributed by atoms with Gasteiger partial charge >= 0.3 is 0 Å². The molecule has 0 aliphatic heterocycles. The van der Waals surface area contributed by atoms with Crippen molar-refractivity contribution in [3.63, 3.8) is 0 Å². The summed E-state index contributed by atoms with van der Waals surface area (Å²) in [6, 6.07) is 3.93. The summed E-state index contributed by atoms with van der Waals surface area (Å²) in [5, 5.41) is 1.88. The zero-order valence-corrected chi connectivity index (χ0v) is 14.2. The highest BCUT2D eigenvalue weighted by atomic mass is 35.5. The summed E-state index contributed by atoms with van der Waals surface area (Å²) in [6.07, 6.45) is 1.10. The molecule has 2 rings (SSSR count). The average Bonchev–Trinajstić information content (AvgIpc) is 2.81. The van der Waals surface area contributed by atoms with Gasteiger partial charge in [0.05, 0.1) is 22.8 Å². The smallest absolute Gasteiger partial charge is 0.123 e. The molecule has 0 aliphatic rings. The number of benzene rings is 1. The largest absolute Gasteiger partial charge is 0.496 e. The van der Waals surface area contributed by atoms with Crippen molar-refractivity contribution in [2.75, 3.05) is 7.11 Å². The fourth-order valence-corrected chi connectivity index (χ4v) is 3.43. The second-order valence-electron chi connectivity index (χ2n) is 5.07. The predicted octanol–water partition coefficient (Wildman–Crippen LogP) is 5.60. The van der Waals surface area contributed by atoms with E-state index in [2.05, 4.69) is 26.8 Å². The summed E-state index contributed by atoms with van der Waals surface area (Å²) in [7, 11) is 1.66. The van der Waals surface area contributed by atoms with Gasteiger partial charge in [0.15, 0.2) is 0 Å². The third kappa shape index (κ3) is 2.84. The van der Waals surface area contributed by atoms with Gasteiger partial charge in [0.25, 0.3) is 0 Å². The van der Waals surface area contributed by atoms with Crippen molar-refractivity contribution in [2.45, 2.75) is 40.0 Å². The monoisotopic (exact) mass is 309 g/mol. The van der Waals surface area contributed by atoms with Crippen molar-refractivity contribution in [3.8, 4) is 17.0 Å². The van der Waals surface area contributed by atoms with Crippen molar-refractivity contribution in [3.05, 3.63) is 32.6 Å². The van der Waals surface area contributed by atoms with Crippen LogP contribution >= 0.6 is 22.9 Å². The van der Waals surface area contributed by atoms with E-state index in [1.165, 1.54) is 9.88 Å². The molecule has 0 spiro atoms. The first kappa shape index (κ1) is 15.3. The number of halogens is 1. The van der Waals surface area contributed by atoms with Gasteiger partial charge in [-0.2, -0.15) is 0 Å². The van der Waals surface area contributed by atoms with Crippen LogP contribution in [0.4, 0.5) is 0 Å². The molecule has 2 nitrogen and oxygen atoms in total. The first-order chi connectivity index (χ1) is 9.47. The van der Waals surface area contributed by atoms with E-state index in [4.69, 9.17) is 21.3 Å². The van der Waals surface area contributed by atoms with Crippen molar-refractivity contribution in [1.29, 1.82) is 0 Å². The van der Waals surface area contributed by atoms with Crippen LogP contribution in [0.1, 0.15) is 41.6 Å². The highest BCUT2D eigenvalue weighted by Crippen LogP contribution is 2.38. The molecule has 1 aromatic heterocycles. The normalized spacial score (nSPS) is 12.5. The zero-order chi connectivity index (χ0) is 14.9. The van der Waals surface area contributed by atoms with E-state index >= 15 is 0 Å². The van der Waals surface area contributed by atoms with Gasteiger partial charge in [0, 0.05) is 16.4 Å². The van der Waals surface area contributed by atoms with Crippen molar-refractivity contribution in [2.24, 2.45) is 0 Å². The Morgan fingerprint density at radius 3 is 2.65 bits per heavy atom. The summed E-state index contributed by atoms with van der Waals surface area (Å²) in [4.78, 5) is 6.02. The van der Waals surface area contributed by atoms with E-state index in [0.29, 0.717) is 10.9 Å². The second-order valence-corrected chi connectivity index (χ2v) is 6.71. The Kier molecular flexibility index (Phi) is 4.71. The van der Waals surface area contributed by atoms with E-state index in [-0.39, 0.29) is 0 Å². The van der Waals surface area contributed by atoms with Gasteiger partial charge in [-0.1, -0.05) is 25.4 Å². The number of methoxy groups -OCH3 is 1. The Labute approximate surface area is 129 Å². The molecule has 1 heterocycles. The molecule has 0 aliphatic carbocycles. The summed E-state index contributed by atoms with van der Waals surface area (Å²) in [5.74, 6) is 1.30. The standard InChI is InChI=1S/C16H20ClNOS/c1-6-9(2)16-18-15(11(4)20-16)12-7-10(3)14(19-5)8-13(12)17/h7-9H,6H2,1-5H3. The molecule has 0 saturated heterocycles. The van der Waals surface area contributed by atoms with Gasteiger partial charge in [0.1, 0.15) is 5.75 Å². The predicted molar refractivity (Wildman–Crippen MR) is 87.3 cm³/mol. The fraction of sp³-hybridized carbons (Fsp3) is 0.438. The molecule has 0 radical (unpaired) electrons. The van der Waals surface area contributed by atoms with Gasteiger partial charge in [-0.05, 0) is 38.0 Å². The van der Waals surface area contributed by atoms with Crippen molar-refractivity contribution >= 4 is 22.9 Å². The molecule has 108 valence electrons. The lowest BCUT2D eigenvalue weighted by Gasteiger charge is -2.09. The molecular formula is C16H20ClNOS. The highest BCUT2D eigenvalue weighted by Gasteiger charge is 2.17. The maximum Gasteiger partial charge on any atom is 0.123 e. The number of nitrogens with zero attached hydrogens (tertiary/aromatic N) is 1. The maximum absolute atomic E-state index is 6.39. The average molecular weight is 310 g/mol. The van der Waals surface area contributed by atoms with Gasteiger partial charge in [-0.3, -0.25) is 0 Å². The van der Waals surface area contributed by atoms with E-state index in [1.54, 1.807) is 18.4 Å².